The van der Waals surface area contributed by atoms with Gasteiger partial charge < -0.3 is 9.64 Å². The molecule has 3 rings (SSSR count). The van der Waals surface area contributed by atoms with Gasteiger partial charge >= 0.3 is 0 Å². The van der Waals surface area contributed by atoms with E-state index in [0.717, 1.165) is 23.2 Å². The lowest BCUT2D eigenvalue weighted by molar-refractivity contribution is -0.0171. The van der Waals surface area contributed by atoms with E-state index in [4.69, 9.17) is 4.74 Å². The summed E-state index contributed by atoms with van der Waals surface area (Å²) in [5, 5.41) is 10.2. The van der Waals surface area contributed by atoms with Crippen LogP contribution in [0.25, 0.3) is 10.9 Å². The van der Waals surface area contributed by atoms with E-state index in [9.17, 15) is 9.65 Å². The van der Waals surface area contributed by atoms with Crippen LogP contribution >= 0.6 is 0 Å². The number of rotatable bonds is 2. The summed E-state index contributed by atoms with van der Waals surface area (Å²) in [5.41, 5.74) is 2.77. The fourth-order valence-corrected chi connectivity index (χ4v) is 3.30. The summed E-state index contributed by atoms with van der Waals surface area (Å²) < 4.78 is 19.9. The van der Waals surface area contributed by atoms with Crippen LogP contribution in [0.15, 0.2) is 18.3 Å². The Morgan fingerprint density at radius 2 is 2.22 bits per heavy atom. The van der Waals surface area contributed by atoms with Gasteiger partial charge in [0.25, 0.3) is 0 Å². The number of aryl methyl sites for hydroxylation is 1. The highest BCUT2D eigenvalue weighted by Gasteiger charge is 2.27. The number of hydrogen-bond acceptors (Lipinski definition) is 4. The number of aromatic nitrogens is 1. The van der Waals surface area contributed by atoms with Crippen molar-refractivity contribution in [1.82, 2.24) is 4.98 Å². The van der Waals surface area contributed by atoms with Gasteiger partial charge in [-0.05, 0) is 38.0 Å². The summed E-state index contributed by atoms with van der Waals surface area (Å²) in [7, 11) is 0. The van der Waals surface area contributed by atoms with Gasteiger partial charge in [-0.2, -0.15) is 5.26 Å². The van der Waals surface area contributed by atoms with Gasteiger partial charge in [-0.25, -0.2) is 4.39 Å². The Kier molecular flexibility index (Phi) is 4.18. The van der Waals surface area contributed by atoms with Crippen LogP contribution in [0.4, 0.5) is 10.1 Å². The summed E-state index contributed by atoms with van der Waals surface area (Å²) in [4.78, 5) is 6.50. The molecule has 0 amide bonds. The molecule has 2 atom stereocenters. The quantitative estimate of drug-likeness (QED) is 0.850. The number of nitrogens with zero attached hydrogens (tertiary/aromatic N) is 3. The van der Waals surface area contributed by atoms with Crippen LogP contribution in [0.5, 0.6) is 0 Å². The molecule has 23 heavy (non-hydrogen) atoms. The molecule has 5 heteroatoms. The minimum Gasteiger partial charge on any atom is -0.372 e. The topological polar surface area (TPSA) is 49.2 Å². The molecule has 0 aliphatic carbocycles. The Balaban J connectivity index is 2.20. The molecule has 120 valence electrons. The van der Waals surface area contributed by atoms with E-state index in [1.54, 1.807) is 6.20 Å². The molecule has 1 aliphatic heterocycles. The molecule has 1 aromatic carbocycles. The molecule has 0 saturated carbocycles. The van der Waals surface area contributed by atoms with Crippen molar-refractivity contribution in [3.05, 3.63) is 35.3 Å². The van der Waals surface area contributed by atoms with Gasteiger partial charge in [0.05, 0.1) is 29.0 Å². The molecule has 2 heterocycles. The predicted molar refractivity (Wildman–Crippen MR) is 88.0 cm³/mol. The second-order valence-electron chi connectivity index (χ2n) is 6.13. The number of halogens is 1. The molecule has 1 aliphatic rings. The smallest absolute Gasteiger partial charge is 0.124 e. The number of pyridine rings is 1. The van der Waals surface area contributed by atoms with Crippen LogP contribution in [-0.4, -0.2) is 30.3 Å². The number of benzene rings is 1. The van der Waals surface area contributed by atoms with Gasteiger partial charge in [-0.1, -0.05) is 6.92 Å². The summed E-state index contributed by atoms with van der Waals surface area (Å²) in [6.45, 7) is 7.33. The largest absolute Gasteiger partial charge is 0.372 e. The van der Waals surface area contributed by atoms with Crippen molar-refractivity contribution < 1.29 is 9.13 Å². The first-order valence-electron chi connectivity index (χ1n) is 7.92. The summed E-state index contributed by atoms with van der Waals surface area (Å²) >= 11 is 0. The van der Waals surface area contributed by atoms with E-state index in [2.05, 4.69) is 22.9 Å². The SMILES string of the molecule is CCC1CN(c2c(C#N)cnc3c(C)cc(F)cc23)CC(C)O1. The third-order valence-corrected chi connectivity index (χ3v) is 4.32. The first kappa shape index (κ1) is 15.7. The van der Waals surface area contributed by atoms with E-state index >= 15 is 0 Å². The molecule has 4 nitrogen and oxygen atoms in total. The zero-order chi connectivity index (χ0) is 16.6. The van der Waals surface area contributed by atoms with Gasteiger partial charge in [-0.3, -0.25) is 4.98 Å². The van der Waals surface area contributed by atoms with Crippen molar-refractivity contribution >= 4 is 16.6 Å². The molecule has 1 saturated heterocycles. The average molecular weight is 313 g/mol. The maximum Gasteiger partial charge on any atom is 0.124 e. The third-order valence-electron chi connectivity index (χ3n) is 4.32. The highest BCUT2D eigenvalue weighted by Crippen LogP contribution is 2.33. The summed E-state index contributed by atoms with van der Waals surface area (Å²) in [6, 6.07) is 5.16. The molecule has 2 aromatic rings. The summed E-state index contributed by atoms with van der Waals surface area (Å²) in [6.07, 6.45) is 2.67. The van der Waals surface area contributed by atoms with Crippen LogP contribution < -0.4 is 4.90 Å². The van der Waals surface area contributed by atoms with Crippen LogP contribution in [-0.2, 0) is 4.74 Å². The highest BCUT2D eigenvalue weighted by atomic mass is 19.1. The Hall–Kier alpha value is -2.19. The standard InChI is InChI=1S/C18H20FN3O/c1-4-15-10-22(9-12(3)23-15)18-13(7-20)8-21-17-11(2)5-14(19)6-16(17)18/h5-6,8,12,15H,4,9-10H2,1-3H3. The lowest BCUT2D eigenvalue weighted by atomic mass is 10.0. The number of morpholine rings is 1. The molecule has 0 bridgehead atoms. The van der Waals surface area contributed by atoms with E-state index in [-0.39, 0.29) is 18.0 Å². The van der Waals surface area contributed by atoms with Crippen molar-refractivity contribution in [3.63, 3.8) is 0 Å². The molecule has 0 spiro atoms. The lowest BCUT2D eigenvalue weighted by Gasteiger charge is -2.38. The van der Waals surface area contributed by atoms with Gasteiger partial charge in [0.1, 0.15) is 11.9 Å². The van der Waals surface area contributed by atoms with E-state index < -0.39 is 0 Å². The Morgan fingerprint density at radius 3 is 2.91 bits per heavy atom. The molecular formula is C18H20FN3O. The van der Waals surface area contributed by atoms with E-state index in [0.29, 0.717) is 24.0 Å². The number of ether oxygens (including phenoxy) is 1. The van der Waals surface area contributed by atoms with Crippen molar-refractivity contribution in [2.75, 3.05) is 18.0 Å². The maximum absolute atomic E-state index is 13.9. The highest BCUT2D eigenvalue weighted by molar-refractivity contribution is 5.96. The zero-order valence-electron chi connectivity index (χ0n) is 13.6. The van der Waals surface area contributed by atoms with Crippen LogP contribution in [0.3, 0.4) is 0 Å². The minimum absolute atomic E-state index is 0.0677. The number of nitriles is 1. The Labute approximate surface area is 135 Å². The van der Waals surface area contributed by atoms with Gasteiger partial charge in [-0.15, -0.1) is 0 Å². The predicted octanol–water partition coefficient (Wildman–Crippen LogP) is 3.56. The van der Waals surface area contributed by atoms with Crippen LogP contribution in [0, 0.1) is 24.1 Å². The first-order valence-corrected chi connectivity index (χ1v) is 7.92. The Bertz CT molecular complexity index is 784. The normalized spacial score (nSPS) is 21.4. The summed E-state index contributed by atoms with van der Waals surface area (Å²) in [5.74, 6) is -0.304. The lowest BCUT2D eigenvalue weighted by Crippen LogP contribution is -2.46. The molecule has 0 N–H and O–H groups in total. The molecule has 2 unspecified atom stereocenters. The molecular weight excluding hydrogens is 293 g/mol. The number of anilines is 1. The van der Waals surface area contributed by atoms with Gasteiger partial charge in [0.15, 0.2) is 0 Å². The monoisotopic (exact) mass is 313 g/mol. The van der Waals surface area contributed by atoms with Crippen molar-refractivity contribution in [2.45, 2.75) is 39.4 Å². The minimum atomic E-state index is -0.304. The maximum atomic E-state index is 13.9. The molecule has 1 fully saturated rings. The average Bonchev–Trinajstić information content (AvgIpc) is 2.52. The Morgan fingerprint density at radius 1 is 1.43 bits per heavy atom. The zero-order valence-corrected chi connectivity index (χ0v) is 13.6. The number of fused-ring (bicyclic) bond motifs is 1. The van der Waals surface area contributed by atoms with Crippen molar-refractivity contribution in [2.24, 2.45) is 0 Å². The van der Waals surface area contributed by atoms with Gasteiger partial charge in [0.2, 0.25) is 0 Å². The van der Waals surface area contributed by atoms with E-state index in [1.165, 1.54) is 12.1 Å². The third kappa shape index (κ3) is 2.87. The first-order chi connectivity index (χ1) is 11.0. The van der Waals surface area contributed by atoms with Crippen LogP contribution in [0.2, 0.25) is 0 Å². The second-order valence-corrected chi connectivity index (χ2v) is 6.13. The van der Waals surface area contributed by atoms with Crippen LogP contribution in [0.1, 0.15) is 31.4 Å². The fourth-order valence-electron chi connectivity index (χ4n) is 3.30. The molecule has 1 aromatic heterocycles. The number of hydrogen-bond donors (Lipinski definition) is 0. The van der Waals surface area contributed by atoms with Crippen molar-refractivity contribution in [3.8, 4) is 6.07 Å². The van der Waals surface area contributed by atoms with Gasteiger partial charge in [0, 0.05) is 24.7 Å². The second kappa shape index (κ2) is 6.13. The fraction of sp³-hybridized carbons (Fsp3) is 0.444. The molecule has 0 radical (unpaired) electrons. The van der Waals surface area contributed by atoms with Crippen molar-refractivity contribution in [1.29, 1.82) is 5.26 Å². The van der Waals surface area contributed by atoms with E-state index in [1.807, 2.05) is 13.8 Å².